The predicted molar refractivity (Wildman–Crippen MR) is 119 cm³/mol. The van der Waals surface area contributed by atoms with E-state index in [4.69, 9.17) is 14.2 Å². The molecule has 2 aromatic rings. The number of hydrogen-bond donors (Lipinski definition) is 2. The summed E-state index contributed by atoms with van der Waals surface area (Å²) in [5, 5.41) is 3.30. The van der Waals surface area contributed by atoms with Gasteiger partial charge in [0.25, 0.3) is 0 Å². The number of methoxy groups -OCH3 is 3. The fourth-order valence-electron chi connectivity index (χ4n) is 4.71. The molecule has 2 aromatic carbocycles. The Morgan fingerprint density at radius 1 is 1.06 bits per heavy atom. The fraction of sp³-hybridized carbons (Fsp3) is 0.480. The molecule has 1 amide bonds. The van der Waals surface area contributed by atoms with Gasteiger partial charge in [0.2, 0.25) is 5.91 Å². The minimum absolute atomic E-state index is 0.0125. The molecule has 1 saturated carbocycles. The molecule has 1 fully saturated rings. The Labute approximate surface area is 184 Å². The molecule has 2 N–H and O–H groups in total. The number of nitrogens with one attached hydrogen (secondary N) is 2. The SMILES string of the molecule is COc1ccc(C[NH+]2CCc3cc(OC)c(OC)cc3[C@@H]2[C@@H](C)NC(=O)C2CC2)cc1. The summed E-state index contributed by atoms with van der Waals surface area (Å²) in [5.74, 6) is 2.73. The number of carbonyl (C=O) groups is 1. The number of hydrogen-bond acceptors (Lipinski definition) is 4. The summed E-state index contributed by atoms with van der Waals surface area (Å²) in [6.07, 6.45) is 2.97. The lowest BCUT2D eigenvalue weighted by molar-refractivity contribution is -0.948. The fourth-order valence-corrected chi connectivity index (χ4v) is 4.71. The van der Waals surface area contributed by atoms with Crippen LogP contribution in [0.5, 0.6) is 17.2 Å². The number of fused-ring (bicyclic) bond motifs is 1. The van der Waals surface area contributed by atoms with Crippen LogP contribution in [-0.2, 0) is 17.8 Å². The van der Waals surface area contributed by atoms with Crippen molar-refractivity contribution in [1.82, 2.24) is 5.32 Å². The van der Waals surface area contributed by atoms with E-state index in [1.165, 1.54) is 21.6 Å². The zero-order chi connectivity index (χ0) is 22.0. The van der Waals surface area contributed by atoms with E-state index in [0.29, 0.717) is 0 Å². The van der Waals surface area contributed by atoms with Gasteiger partial charge in [-0.05, 0) is 61.7 Å². The highest BCUT2D eigenvalue weighted by atomic mass is 16.5. The average Bonchev–Trinajstić information content (AvgIpc) is 3.64. The van der Waals surface area contributed by atoms with Gasteiger partial charge in [0.1, 0.15) is 18.3 Å². The van der Waals surface area contributed by atoms with Crippen molar-refractivity contribution < 1.29 is 23.9 Å². The molecule has 0 saturated heterocycles. The first-order chi connectivity index (χ1) is 15.0. The third-order valence-electron chi connectivity index (χ3n) is 6.54. The standard InChI is InChI=1S/C25H32N2O4/c1-16(26-25(28)18-7-8-18)24-21-14-23(31-4)22(30-3)13-19(21)11-12-27(24)15-17-5-9-20(29-2)10-6-17/h5-6,9-10,13-14,16,18,24H,7-8,11-12,15H2,1-4H3,(H,26,28)/p+1/t16-,24+/m1/s1. The molecule has 31 heavy (non-hydrogen) atoms. The Morgan fingerprint density at radius 3 is 2.35 bits per heavy atom. The maximum Gasteiger partial charge on any atom is 0.223 e. The summed E-state index contributed by atoms with van der Waals surface area (Å²) in [4.78, 5) is 14.0. The van der Waals surface area contributed by atoms with E-state index in [2.05, 4.69) is 36.5 Å². The van der Waals surface area contributed by atoms with Gasteiger partial charge in [-0.15, -0.1) is 0 Å². The van der Waals surface area contributed by atoms with Crippen LogP contribution in [0, 0.1) is 5.92 Å². The van der Waals surface area contributed by atoms with Gasteiger partial charge in [-0.3, -0.25) is 4.79 Å². The van der Waals surface area contributed by atoms with Crippen LogP contribution in [0.2, 0.25) is 0 Å². The molecule has 1 aliphatic carbocycles. The van der Waals surface area contributed by atoms with Crippen molar-refractivity contribution in [3.05, 3.63) is 53.1 Å². The topological polar surface area (TPSA) is 61.2 Å². The van der Waals surface area contributed by atoms with Crippen molar-refractivity contribution in [3.8, 4) is 17.2 Å². The Hall–Kier alpha value is -2.73. The maximum absolute atomic E-state index is 12.6. The van der Waals surface area contributed by atoms with E-state index >= 15 is 0 Å². The second kappa shape index (κ2) is 9.18. The van der Waals surface area contributed by atoms with Gasteiger partial charge >= 0.3 is 0 Å². The van der Waals surface area contributed by atoms with Gasteiger partial charge in [0.15, 0.2) is 11.5 Å². The molecule has 0 bridgehead atoms. The Balaban J connectivity index is 1.65. The van der Waals surface area contributed by atoms with Crippen LogP contribution in [0.1, 0.15) is 42.5 Å². The minimum Gasteiger partial charge on any atom is -0.497 e. The van der Waals surface area contributed by atoms with Crippen molar-refractivity contribution in [2.45, 2.75) is 44.8 Å². The van der Waals surface area contributed by atoms with E-state index < -0.39 is 0 Å². The number of rotatable bonds is 8. The van der Waals surface area contributed by atoms with Crippen LogP contribution in [0.3, 0.4) is 0 Å². The summed E-state index contributed by atoms with van der Waals surface area (Å²) >= 11 is 0. The average molecular weight is 426 g/mol. The van der Waals surface area contributed by atoms with Crippen LogP contribution >= 0.6 is 0 Å². The van der Waals surface area contributed by atoms with Crippen molar-refractivity contribution in [1.29, 1.82) is 0 Å². The number of amides is 1. The molecule has 3 atom stereocenters. The number of benzene rings is 2. The highest BCUT2D eigenvalue weighted by Crippen LogP contribution is 2.35. The van der Waals surface area contributed by atoms with Crippen molar-refractivity contribution in [2.24, 2.45) is 5.92 Å². The molecule has 1 heterocycles. The molecule has 0 aromatic heterocycles. The Bertz CT molecular complexity index is 924. The highest BCUT2D eigenvalue weighted by Gasteiger charge is 2.39. The largest absolute Gasteiger partial charge is 0.497 e. The van der Waals surface area contributed by atoms with Crippen molar-refractivity contribution >= 4 is 5.91 Å². The van der Waals surface area contributed by atoms with E-state index in [1.807, 2.05) is 12.1 Å². The molecule has 2 aliphatic rings. The number of ether oxygens (including phenoxy) is 3. The van der Waals surface area contributed by atoms with Crippen LogP contribution in [-0.4, -0.2) is 39.8 Å². The van der Waals surface area contributed by atoms with E-state index in [9.17, 15) is 4.79 Å². The van der Waals surface area contributed by atoms with Crippen LogP contribution in [0.15, 0.2) is 36.4 Å². The van der Waals surface area contributed by atoms with E-state index in [0.717, 1.165) is 49.6 Å². The first-order valence-electron chi connectivity index (χ1n) is 11.1. The van der Waals surface area contributed by atoms with Gasteiger partial charge < -0.3 is 24.4 Å². The Kier molecular flexibility index (Phi) is 6.37. The summed E-state index contributed by atoms with van der Waals surface area (Å²) in [6.45, 7) is 4.00. The zero-order valence-corrected chi connectivity index (χ0v) is 18.9. The first-order valence-corrected chi connectivity index (χ1v) is 11.1. The van der Waals surface area contributed by atoms with Crippen LogP contribution in [0.4, 0.5) is 0 Å². The lowest BCUT2D eigenvalue weighted by atomic mass is 9.87. The van der Waals surface area contributed by atoms with Gasteiger partial charge in [0.05, 0.1) is 33.9 Å². The molecule has 1 unspecified atom stereocenters. The van der Waals surface area contributed by atoms with Gasteiger partial charge in [-0.2, -0.15) is 0 Å². The minimum atomic E-state index is 0.0125. The lowest BCUT2D eigenvalue weighted by Gasteiger charge is -2.38. The normalized spacial score (nSPS) is 21.0. The number of carbonyl (C=O) groups excluding carboxylic acids is 1. The molecule has 4 rings (SSSR count). The molecular formula is C25H33N2O4+. The molecule has 6 heteroatoms. The van der Waals surface area contributed by atoms with E-state index in [1.54, 1.807) is 21.3 Å². The summed E-state index contributed by atoms with van der Waals surface area (Å²) < 4.78 is 16.4. The molecule has 0 radical (unpaired) electrons. The van der Waals surface area contributed by atoms with Gasteiger partial charge in [-0.25, -0.2) is 0 Å². The molecule has 166 valence electrons. The summed E-state index contributed by atoms with van der Waals surface area (Å²) in [6, 6.07) is 12.6. The maximum atomic E-state index is 12.6. The molecule has 0 spiro atoms. The van der Waals surface area contributed by atoms with Gasteiger partial charge in [0, 0.05) is 23.5 Å². The third kappa shape index (κ3) is 4.64. The molecule has 1 aliphatic heterocycles. The quantitative estimate of drug-likeness (QED) is 0.682. The summed E-state index contributed by atoms with van der Waals surface area (Å²) in [7, 11) is 5.02. The second-order valence-corrected chi connectivity index (χ2v) is 8.64. The van der Waals surface area contributed by atoms with Crippen molar-refractivity contribution in [3.63, 3.8) is 0 Å². The Morgan fingerprint density at radius 2 is 1.74 bits per heavy atom. The number of quaternary nitrogens is 1. The smallest absolute Gasteiger partial charge is 0.223 e. The zero-order valence-electron chi connectivity index (χ0n) is 18.9. The molecular weight excluding hydrogens is 392 g/mol. The monoisotopic (exact) mass is 425 g/mol. The van der Waals surface area contributed by atoms with E-state index in [-0.39, 0.29) is 23.9 Å². The summed E-state index contributed by atoms with van der Waals surface area (Å²) in [5.41, 5.74) is 3.76. The predicted octanol–water partition coefficient (Wildman–Crippen LogP) is 2.31. The van der Waals surface area contributed by atoms with Gasteiger partial charge in [-0.1, -0.05) is 0 Å². The highest BCUT2D eigenvalue weighted by molar-refractivity contribution is 5.81. The third-order valence-corrected chi connectivity index (χ3v) is 6.54. The van der Waals surface area contributed by atoms with Crippen LogP contribution < -0.4 is 24.4 Å². The lowest BCUT2D eigenvalue weighted by Crippen LogP contribution is -3.13. The second-order valence-electron chi connectivity index (χ2n) is 8.64. The first kappa shape index (κ1) is 21.5. The van der Waals surface area contributed by atoms with Crippen molar-refractivity contribution in [2.75, 3.05) is 27.9 Å². The van der Waals surface area contributed by atoms with Crippen LogP contribution in [0.25, 0.3) is 0 Å². The molecule has 6 nitrogen and oxygen atoms in total.